The van der Waals surface area contributed by atoms with Crippen molar-refractivity contribution in [2.45, 2.75) is 38.6 Å². The first-order chi connectivity index (χ1) is 11.5. The van der Waals surface area contributed by atoms with Gasteiger partial charge in [-0.1, -0.05) is 23.7 Å². The Morgan fingerprint density at radius 1 is 1.08 bits per heavy atom. The van der Waals surface area contributed by atoms with Crippen LogP contribution in [0.2, 0.25) is 5.02 Å². The van der Waals surface area contributed by atoms with Gasteiger partial charge in [-0.05, 0) is 67.5 Å². The highest BCUT2D eigenvalue weighted by Gasteiger charge is 2.23. The van der Waals surface area contributed by atoms with Gasteiger partial charge in [-0.15, -0.1) is 0 Å². The van der Waals surface area contributed by atoms with Crippen LogP contribution in [0.15, 0.2) is 24.3 Å². The van der Waals surface area contributed by atoms with Gasteiger partial charge in [-0.25, -0.2) is 13.2 Å². The molecule has 2 aromatic rings. The minimum Gasteiger partial charge on any atom is -0.312 e. The van der Waals surface area contributed by atoms with Gasteiger partial charge in [0.25, 0.3) is 0 Å². The van der Waals surface area contributed by atoms with Gasteiger partial charge in [-0.2, -0.15) is 0 Å². The lowest BCUT2D eigenvalue weighted by Crippen LogP contribution is -2.18. The second-order valence-electron chi connectivity index (χ2n) is 6.32. The molecule has 24 heavy (non-hydrogen) atoms. The highest BCUT2D eigenvalue weighted by Crippen LogP contribution is 2.41. The fourth-order valence-electron chi connectivity index (χ4n) is 2.80. The molecule has 1 saturated carbocycles. The van der Waals surface area contributed by atoms with E-state index in [4.69, 9.17) is 11.6 Å². The fourth-order valence-corrected chi connectivity index (χ4v) is 3.06. The Morgan fingerprint density at radius 2 is 1.83 bits per heavy atom. The third-order valence-corrected chi connectivity index (χ3v) is 4.82. The Hall–Kier alpha value is -1.52. The first-order valence-corrected chi connectivity index (χ1v) is 8.47. The monoisotopic (exact) mass is 353 g/mol. The van der Waals surface area contributed by atoms with Crippen molar-refractivity contribution in [3.63, 3.8) is 0 Å². The molecule has 1 aliphatic rings. The van der Waals surface area contributed by atoms with E-state index in [2.05, 4.69) is 11.4 Å². The third-order valence-electron chi connectivity index (χ3n) is 4.46. The highest BCUT2D eigenvalue weighted by molar-refractivity contribution is 6.31. The van der Waals surface area contributed by atoms with Crippen LogP contribution in [0.5, 0.6) is 0 Å². The maximum absolute atomic E-state index is 13.9. The van der Waals surface area contributed by atoms with E-state index in [1.807, 2.05) is 12.1 Å². The number of nitrogens with one attached hydrogen (secondary N) is 1. The first kappa shape index (κ1) is 17.3. The van der Waals surface area contributed by atoms with E-state index < -0.39 is 17.5 Å². The van der Waals surface area contributed by atoms with Crippen molar-refractivity contribution in [1.82, 2.24) is 5.32 Å². The van der Waals surface area contributed by atoms with Gasteiger partial charge in [0, 0.05) is 17.1 Å². The van der Waals surface area contributed by atoms with E-state index in [9.17, 15) is 13.2 Å². The second-order valence-corrected chi connectivity index (χ2v) is 6.73. The maximum Gasteiger partial charge on any atom is 0.164 e. The predicted octanol–water partition coefficient (Wildman–Crippen LogP) is 5.28. The van der Waals surface area contributed by atoms with Crippen LogP contribution >= 0.6 is 11.6 Å². The third kappa shape index (κ3) is 3.76. The van der Waals surface area contributed by atoms with E-state index in [0.29, 0.717) is 19.0 Å². The summed E-state index contributed by atoms with van der Waals surface area (Å²) in [6, 6.07) is 7.04. The van der Waals surface area contributed by atoms with Crippen molar-refractivity contribution < 1.29 is 13.2 Å². The molecule has 0 atom stereocenters. The lowest BCUT2D eigenvalue weighted by Gasteiger charge is -2.10. The number of hydrogen-bond donors (Lipinski definition) is 1. The second kappa shape index (κ2) is 7.16. The molecule has 0 unspecified atom stereocenters. The smallest absolute Gasteiger partial charge is 0.164 e. The Morgan fingerprint density at radius 3 is 2.50 bits per heavy atom. The Kier molecular flexibility index (Phi) is 5.16. The van der Waals surface area contributed by atoms with Crippen LogP contribution in [-0.2, 0) is 13.0 Å². The van der Waals surface area contributed by atoms with Crippen molar-refractivity contribution in [2.75, 3.05) is 6.54 Å². The molecule has 0 bridgehead atoms. The summed E-state index contributed by atoms with van der Waals surface area (Å²) in [7, 11) is 0. The molecule has 0 saturated heterocycles. The topological polar surface area (TPSA) is 12.0 Å². The number of rotatable bonds is 6. The van der Waals surface area contributed by atoms with E-state index in [1.165, 1.54) is 25.3 Å². The molecule has 0 radical (unpaired) electrons. The average Bonchev–Trinajstić information content (AvgIpc) is 3.40. The maximum atomic E-state index is 13.9. The molecule has 128 valence electrons. The van der Waals surface area contributed by atoms with Crippen LogP contribution < -0.4 is 5.32 Å². The molecule has 3 rings (SSSR count). The van der Waals surface area contributed by atoms with Crippen molar-refractivity contribution >= 4 is 11.6 Å². The molecule has 0 amide bonds. The van der Waals surface area contributed by atoms with E-state index in [0.717, 1.165) is 16.7 Å². The van der Waals surface area contributed by atoms with E-state index >= 15 is 0 Å². The average molecular weight is 354 g/mol. The van der Waals surface area contributed by atoms with Crippen LogP contribution in [0.25, 0.3) is 0 Å². The number of hydrogen-bond acceptors (Lipinski definition) is 1. The minimum absolute atomic E-state index is 0.175. The lowest BCUT2D eigenvalue weighted by atomic mass is 10.1. The zero-order chi connectivity index (χ0) is 17.3. The molecule has 0 heterocycles. The molecule has 1 fully saturated rings. The zero-order valence-electron chi connectivity index (χ0n) is 13.4. The first-order valence-electron chi connectivity index (χ1n) is 8.09. The van der Waals surface area contributed by atoms with Crippen molar-refractivity contribution in [3.8, 4) is 0 Å². The summed E-state index contributed by atoms with van der Waals surface area (Å²) in [5, 5.41) is 3.89. The summed E-state index contributed by atoms with van der Waals surface area (Å²) in [5.41, 5.74) is 2.16. The lowest BCUT2D eigenvalue weighted by molar-refractivity contribution is 0.480. The standard InChI is InChI=1S/C19H19ClF3N/c1-11-18(22)14(9-17(21)19(11)23)6-7-24-10-15-5-4-13(8-16(15)20)12-2-3-12/h4-5,8-9,12,24H,2-3,6-7,10H2,1H3. The predicted molar refractivity (Wildman–Crippen MR) is 89.9 cm³/mol. The summed E-state index contributed by atoms with van der Waals surface area (Å²) in [6.07, 6.45) is 2.74. The Bertz CT molecular complexity index is 757. The molecule has 1 nitrogen and oxygen atoms in total. The largest absolute Gasteiger partial charge is 0.312 e. The fraction of sp³-hybridized carbons (Fsp3) is 0.368. The molecular weight excluding hydrogens is 335 g/mol. The molecule has 0 aliphatic heterocycles. The van der Waals surface area contributed by atoms with Crippen LogP contribution in [0.3, 0.4) is 0 Å². The normalized spacial score (nSPS) is 14.2. The molecule has 0 spiro atoms. The van der Waals surface area contributed by atoms with Gasteiger partial charge >= 0.3 is 0 Å². The van der Waals surface area contributed by atoms with Gasteiger partial charge in [0.05, 0.1) is 0 Å². The van der Waals surface area contributed by atoms with Gasteiger partial charge in [-0.3, -0.25) is 0 Å². The van der Waals surface area contributed by atoms with Gasteiger partial charge in [0.15, 0.2) is 11.6 Å². The van der Waals surface area contributed by atoms with Gasteiger partial charge < -0.3 is 5.32 Å². The van der Waals surface area contributed by atoms with Crippen molar-refractivity contribution in [1.29, 1.82) is 0 Å². The summed E-state index contributed by atoms with van der Waals surface area (Å²) < 4.78 is 40.6. The molecule has 1 aliphatic carbocycles. The van der Waals surface area contributed by atoms with Crippen LogP contribution in [0.4, 0.5) is 13.2 Å². The van der Waals surface area contributed by atoms with E-state index in [-0.39, 0.29) is 17.5 Å². The van der Waals surface area contributed by atoms with Crippen LogP contribution in [0, 0.1) is 24.4 Å². The summed E-state index contributed by atoms with van der Waals surface area (Å²) in [4.78, 5) is 0. The van der Waals surface area contributed by atoms with Crippen molar-refractivity contribution in [3.05, 3.63) is 69.0 Å². The van der Waals surface area contributed by atoms with Crippen LogP contribution in [0.1, 0.15) is 41.0 Å². The molecule has 2 aromatic carbocycles. The molecule has 0 aromatic heterocycles. The summed E-state index contributed by atoms with van der Waals surface area (Å²) >= 11 is 6.29. The quantitative estimate of drug-likeness (QED) is 0.550. The SMILES string of the molecule is Cc1c(F)c(F)cc(CCNCc2ccc(C3CC3)cc2Cl)c1F. The highest BCUT2D eigenvalue weighted by atomic mass is 35.5. The summed E-state index contributed by atoms with van der Waals surface area (Å²) in [5.74, 6) is -2.15. The molecular formula is C19H19ClF3N. The van der Waals surface area contributed by atoms with Crippen molar-refractivity contribution in [2.24, 2.45) is 0 Å². The number of halogens is 4. The van der Waals surface area contributed by atoms with E-state index in [1.54, 1.807) is 0 Å². The zero-order valence-corrected chi connectivity index (χ0v) is 14.2. The molecule has 1 N–H and O–H groups in total. The minimum atomic E-state index is -1.12. The summed E-state index contributed by atoms with van der Waals surface area (Å²) in [6.45, 7) is 2.24. The van der Waals surface area contributed by atoms with Crippen LogP contribution in [-0.4, -0.2) is 6.54 Å². The Labute approximate surface area is 144 Å². The van der Waals surface area contributed by atoms with Gasteiger partial charge in [0.1, 0.15) is 5.82 Å². The molecule has 5 heteroatoms. The Balaban J connectivity index is 1.56. The number of benzene rings is 2. The van der Waals surface area contributed by atoms with Gasteiger partial charge in [0.2, 0.25) is 0 Å².